The van der Waals surface area contributed by atoms with Crippen molar-refractivity contribution < 1.29 is 33.6 Å². The fraction of sp³-hybridized carbons (Fsp3) is 1.00. The second-order valence-corrected chi connectivity index (χ2v) is 2.70. The van der Waals surface area contributed by atoms with Gasteiger partial charge in [0, 0.05) is 0 Å². The predicted octanol–water partition coefficient (Wildman–Crippen LogP) is 3.01. The van der Waals surface area contributed by atoms with Gasteiger partial charge in [-0.15, -0.1) is 0 Å². The minimum atomic E-state index is -1.06. The van der Waals surface area contributed by atoms with Gasteiger partial charge in [-0.25, -0.2) is 0 Å². The van der Waals surface area contributed by atoms with Crippen LogP contribution in [0, 0.1) is 0 Å². The zero-order chi connectivity index (χ0) is 9.82. The molecule has 0 amide bonds. The summed E-state index contributed by atoms with van der Waals surface area (Å²) < 4.78 is 15.4. The molecule has 3 nitrogen and oxygen atoms in total. The molecule has 0 atom stereocenters. The Kier molecular flexibility index (Phi) is 19.5. The van der Waals surface area contributed by atoms with E-state index in [9.17, 15) is 0 Å². The second kappa shape index (κ2) is 14.8. The van der Waals surface area contributed by atoms with Crippen LogP contribution >= 0.6 is 17.8 Å². The SMILES string of the molecule is CCOP(OCC)OCC.[Cl][Au]. The van der Waals surface area contributed by atoms with Gasteiger partial charge in [0.05, 0.1) is 19.8 Å². The molecule has 0 N–H and O–H groups in total. The van der Waals surface area contributed by atoms with Gasteiger partial charge in [-0.3, -0.25) is 0 Å². The van der Waals surface area contributed by atoms with Crippen molar-refractivity contribution in [1.82, 2.24) is 0 Å². The summed E-state index contributed by atoms with van der Waals surface area (Å²) in [5, 5.41) is 0. The Labute approximate surface area is 91.8 Å². The van der Waals surface area contributed by atoms with Crippen LogP contribution in [0.5, 0.6) is 0 Å². The molecule has 0 bridgehead atoms. The van der Waals surface area contributed by atoms with Gasteiger partial charge in [0.15, 0.2) is 0 Å². The molecule has 0 heterocycles. The summed E-state index contributed by atoms with van der Waals surface area (Å²) in [7, 11) is 3.52. The monoisotopic (exact) mass is 398 g/mol. The van der Waals surface area contributed by atoms with Crippen molar-refractivity contribution in [2.75, 3.05) is 19.8 Å². The molecule has 0 saturated carbocycles. The molecule has 0 unspecified atom stereocenters. The number of hydrogen-bond donors (Lipinski definition) is 0. The summed E-state index contributed by atoms with van der Waals surface area (Å²) in [4.78, 5) is 0. The number of halogens is 1. The van der Waals surface area contributed by atoms with E-state index >= 15 is 0 Å². The molecular weight excluding hydrogens is 383 g/mol. The first kappa shape index (κ1) is 15.8. The first-order valence-electron chi connectivity index (χ1n) is 3.65. The minimum absolute atomic E-state index is 0.645. The van der Waals surface area contributed by atoms with E-state index < -0.39 is 8.60 Å². The van der Waals surface area contributed by atoms with Crippen LogP contribution in [0.4, 0.5) is 0 Å². The van der Waals surface area contributed by atoms with Gasteiger partial charge in [-0.2, -0.15) is 0 Å². The third-order valence-electron chi connectivity index (χ3n) is 0.704. The first-order chi connectivity index (χ1) is 5.85. The Morgan fingerprint density at radius 1 is 0.917 bits per heavy atom. The van der Waals surface area contributed by atoms with Crippen molar-refractivity contribution in [2.45, 2.75) is 20.8 Å². The topological polar surface area (TPSA) is 27.7 Å². The normalized spacial score (nSPS) is 9.58. The van der Waals surface area contributed by atoms with Gasteiger partial charge in [0.2, 0.25) is 0 Å². The van der Waals surface area contributed by atoms with E-state index in [0.717, 1.165) is 0 Å². The molecule has 0 radical (unpaired) electrons. The zero-order valence-electron chi connectivity index (χ0n) is 7.47. The van der Waals surface area contributed by atoms with E-state index in [-0.39, 0.29) is 0 Å². The average Bonchev–Trinajstić information content (AvgIpc) is 2.10. The van der Waals surface area contributed by atoms with E-state index in [2.05, 4.69) is 9.19 Å². The summed E-state index contributed by atoms with van der Waals surface area (Å²) in [6, 6.07) is 0. The summed E-state index contributed by atoms with van der Waals surface area (Å²) in [6.45, 7) is 7.71. The third-order valence-corrected chi connectivity index (χ3v) is 2.11. The van der Waals surface area contributed by atoms with E-state index in [1.165, 1.54) is 0 Å². The fourth-order valence-electron chi connectivity index (χ4n) is 0.428. The fourth-order valence-corrected chi connectivity index (χ4v) is 1.28. The molecular formula is C6H15AuClO3P. The number of hydrogen-bond acceptors (Lipinski definition) is 3. The van der Waals surface area contributed by atoms with Crippen LogP contribution in [0.3, 0.4) is 0 Å². The Hall–Kier alpha value is 1.34. The molecule has 0 aromatic carbocycles. The van der Waals surface area contributed by atoms with Crippen LogP contribution < -0.4 is 0 Å². The average molecular weight is 399 g/mol. The van der Waals surface area contributed by atoms with Crippen LogP contribution in [0.25, 0.3) is 0 Å². The third kappa shape index (κ3) is 11.3. The van der Waals surface area contributed by atoms with Gasteiger partial charge in [0.25, 0.3) is 0 Å². The summed E-state index contributed by atoms with van der Waals surface area (Å²) in [5.41, 5.74) is 0. The van der Waals surface area contributed by atoms with Crippen molar-refractivity contribution in [3.63, 3.8) is 0 Å². The second-order valence-electron chi connectivity index (χ2n) is 1.48. The Bertz CT molecular complexity index is 65.5. The first-order valence-corrected chi connectivity index (χ1v) is 7.43. The van der Waals surface area contributed by atoms with Crippen LogP contribution in [0.15, 0.2) is 0 Å². The Morgan fingerprint density at radius 3 is 1.33 bits per heavy atom. The van der Waals surface area contributed by atoms with Crippen molar-refractivity contribution in [3.8, 4) is 0 Å². The predicted molar refractivity (Wildman–Crippen MR) is 47.7 cm³/mol. The quantitative estimate of drug-likeness (QED) is 0.509. The van der Waals surface area contributed by atoms with Crippen LogP contribution in [-0.2, 0) is 33.6 Å². The molecule has 12 heavy (non-hydrogen) atoms. The van der Waals surface area contributed by atoms with E-state index in [1.54, 1.807) is 20.0 Å². The van der Waals surface area contributed by atoms with Crippen LogP contribution in [0.1, 0.15) is 20.8 Å². The van der Waals surface area contributed by atoms with Crippen molar-refractivity contribution >= 4 is 17.8 Å². The van der Waals surface area contributed by atoms with Gasteiger partial charge in [-0.1, -0.05) is 0 Å². The van der Waals surface area contributed by atoms with Crippen LogP contribution in [-0.4, -0.2) is 19.8 Å². The van der Waals surface area contributed by atoms with E-state index in [4.69, 9.17) is 13.6 Å². The molecule has 0 aliphatic heterocycles. The van der Waals surface area contributed by atoms with Crippen molar-refractivity contribution in [3.05, 3.63) is 0 Å². The van der Waals surface area contributed by atoms with Gasteiger partial charge >= 0.3 is 37.8 Å². The van der Waals surface area contributed by atoms with E-state index in [1.807, 2.05) is 20.8 Å². The standard InChI is InChI=1S/C6H15O3P.Au.ClH/c1-4-7-10(8-5-2)9-6-3;;/h4-6H2,1-3H3;;1H/q;+1;/p-1. The molecule has 0 saturated heterocycles. The van der Waals surface area contributed by atoms with Gasteiger partial charge < -0.3 is 13.6 Å². The van der Waals surface area contributed by atoms with Gasteiger partial charge in [0.1, 0.15) is 0 Å². The Morgan fingerprint density at radius 2 is 1.17 bits per heavy atom. The Balaban J connectivity index is 0. The van der Waals surface area contributed by atoms with E-state index in [0.29, 0.717) is 19.8 Å². The molecule has 0 aromatic rings. The summed E-state index contributed by atoms with van der Waals surface area (Å²) in [5.74, 6) is 0. The molecule has 0 aliphatic rings. The summed E-state index contributed by atoms with van der Waals surface area (Å²) >= 11 is 1.75. The molecule has 0 spiro atoms. The van der Waals surface area contributed by atoms with Crippen LogP contribution in [0.2, 0.25) is 0 Å². The maximum absolute atomic E-state index is 5.14. The molecule has 0 aromatic heterocycles. The number of rotatable bonds is 6. The van der Waals surface area contributed by atoms with Gasteiger partial charge in [-0.05, 0) is 20.8 Å². The molecule has 0 fully saturated rings. The van der Waals surface area contributed by atoms with Crippen molar-refractivity contribution in [2.24, 2.45) is 0 Å². The molecule has 0 rings (SSSR count). The zero-order valence-corrected chi connectivity index (χ0v) is 11.3. The molecule has 80 valence electrons. The summed E-state index contributed by atoms with van der Waals surface area (Å²) in [6.07, 6.45) is 0. The molecule has 0 aliphatic carbocycles. The molecule has 6 heteroatoms. The van der Waals surface area contributed by atoms with Crippen molar-refractivity contribution in [1.29, 1.82) is 0 Å². The maximum atomic E-state index is 5.14.